The molecule has 0 N–H and O–H groups in total. The molecule has 0 aliphatic carbocycles. The monoisotopic (exact) mass is 417 g/mol. The fourth-order valence-corrected chi connectivity index (χ4v) is 3.43. The zero-order valence-corrected chi connectivity index (χ0v) is 17.0. The number of carbonyl (C=O) groups is 3. The van der Waals surface area contributed by atoms with Gasteiger partial charge in [-0.15, -0.1) is 0 Å². The second kappa shape index (κ2) is 9.51. The van der Waals surface area contributed by atoms with Crippen LogP contribution in [0.2, 0.25) is 0 Å². The van der Waals surface area contributed by atoms with Gasteiger partial charge < -0.3 is 14.4 Å². The quantitative estimate of drug-likeness (QED) is 0.671. The number of benzene rings is 1. The van der Waals surface area contributed by atoms with Crippen LogP contribution in [0.1, 0.15) is 43.2 Å². The van der Waals surface area contributed by atoms with Crippen molar-refractivity contribution in [2.45, 2.75) is 32.7 Å². The van der Waals surface area contributed by atoms with Gasteiger partial charge >= 0.3 is 11.9 Å². The summed E-state index contributed by atoms with van der Waals surface area (Å²) in [6.07, 6.45) is 1.23. The SMILES string of the molecule is CCOC(=O)c1cc(-c2ccc(F)cc2)n(C2CCN(C(=O)COC(C)=O)CC2)n1. The number of hydrogen-bond acceptors (Lipinski definition) is 6. The topological polar surface area (TPSA) is 90.7 Å². The number of aromatic nitrogens is 2. The van der Waals surface area contributed by atoms with Crippen molar-refractivity contribution in [1.82, 2.24) is 14.7 Å². The van der Waals surface area contributed by atoms with E-state index in [1.54, 1.807) is 34.7 Å². The molecule has 0 radical (unpaired) electrons. The van der Waals surface area contributed by atoms with Crippen molar-refractivity contribution >= 4 is 17.8 Å². The second-order valence-electron chi connectivity index (χ2n) is 6.98. The maximum absolute atomic E-state index is 13.4. The van der Waals surface area contributed by atoms with Gasteiger partial charge in [-0.3, -0.25) is 14.3 Å². The molecule has 30 heavy (non-hydrogen) atoms. The Morgan fingerprint density at radius 3 is 2.40 bits per heavy atom. The van der Waals surface area contributed by atoms with E-state index in [0.717, 1.165) is 5.56 Å². The predicted molar refractivity (Wildman–Crippen MR) is 105 cm³/mol. The van der Waals surface area contributed by atoms with Crippen molar-refractivity contribution in [3.05, 3.63) is 41.8 Å². The molecule has 0 atom stereocenters. The molecular weight excluding hydrogens is 393 g/mol. The Morgan fingerprint density at radius 1 is 1.13 bits per heavy atom. The molecule has 1 amide bonds. The van der Waals surface area contributed by atoms with Gasteiger partial charge in [-0.1, -0.05) is 0 Å². The van der Waals surface area contributed by atoms with Crippen LogP contribution in [-0.4, -0.2) is 58.8 Å². The van der Waals surface area contributed by atoms with Crippen LogP contribution in [0.3, 0.4) is 0 Å². The Labute approximate surface area is 173 Å². The molecule has 1 aromatic heterocycles. The molecule has 3 rings (SSSR count). The average Bonchev–Trinajstić information content (AvgIpc) is 3.18. The van der Waals surface area contributed by atoms with Gasteiger partial charge in [-0.25, -0.2) is 9.18 Å². The highest BCUT2D eigenvalue weighted by atomic mass is 19.1. The van der Waals surface area contributed by atoms with E-state index in [9.17, 15) is 18.8 Å². The van der Waals surface area contributed by atoms with E-state index in [-0.39, 0.29) is 36.7 Å². The third-order valence-electron chi connectivity index (χ3n) is 4.92. The first-order chi connectivity index (χ1) is 14.4. The van der Waals surface area contributed by atoms with E-state index in [2.05, 4.69) is 5.10 Å². The number of esters is 2. The molecule has 0 spiro atoms. The summed E-state index contributed by atoms with van der Waals surface area (Å²) in [5.74, 6) is -1.61. The fraction of sp³-hybridized carbons (Fsp3) is 0.429. The van der Waals surface area contributed by atoms with Crippen LogP contribution in [0.5, 0.6) is 0 Å². The largest absolute Gasteiger partial charge is 0.461 e. The highest BCUT2D eigenvalue weighted by Gasteiger charge is 2.28. The molecule has 0 unspecified atom stereocenters. The van der Waals surface area contributed by atoms with Crippen LogP contribution in [0.25, 0.3) is 11.3 Å². The van der Waals surface area contributed by atoms with E-state index in [1.165, 1.54) is 19.1 Å². The minimum Gasteiger partial charge on any atom is -0.461 e. The average molecular weight is 417 g/mol. The lowest BCUT2D eigenvalue weighted by Crippen LogP contribution is -2.41. The Bertz CT molecular complexity index is 917. The molecule has 1 aliphatic heterocycles. The van der Waals surface area contributed by atoms with Gasteiger partial charge in [0, 0.05) is 25.6 Å². The number of amides is 1. The van der Waals surface area contributed by atoms with E-state index in [1.807, 2.05) is 0 Å². The number of ether oxygens (including phenoxy) is 2. The normalized spacial score (nSPS) is 14.4. The van der Waals surface area contributed by atoms with Gasteiger partial charge in [-0.05, 0) is 50.1 Å². The van der Waals surface area contributed by atoms with Crippen LogP contribution in [0.15, 0.2) is 30.3 Å². The summed E-state index contributed by atoms with van der Waals surface area (Å²) in [7, 11) is 0. The molecule has 0 bridgehead atoms. The van der Waals surface area contributed by atoms with E-state index in [0.29, 0.717) is 31.6 Å². The first-order valence-electron chi connectivity index (χ1n) is 9.82. The number of piperidine rings is 1. The standard InChI is InChI=1S/C21H24FN3O5/c1-3-29-21(28)18-12-19(15-4-6-16(22)7-5-15)25(23-18)17-8-10-24(11-9-17)20(27)13-30-14(2)26/h4-7,12,17H,3,8-11,13H2,1-2H3. The third-order valence-corrected chi connectivity index (χ3v) is 4.92. The number of carbonyl (C=O) groups excluding carboxylic acids is 3. The van der Waals surface area contributed by atoms with E-state index < -0.39 is 11.9 Å². The van der Waals surface area contributed by atoms with Crippen molar-refractivity contribution in [2.24, 2.45) is 0 Å². The van der Waals surface area contributed by atoms with Gasteiger partial charge in [0.25, 0.3) is 5.91 Å². The van der Waals surface area contributed by atoms with Crippen LogP contribution in [0.4, 0.5) is 4.39 Å². The van der Waals surface area contributed by atoms with Crippen molar-refractivity contribution in [3.8, 4) is 11.3 Å². The first kappa shape index (κ1) is 21.5. The lowest BCUT2D eigenvalue weighted by molar-refractivity contribution is -0.150. The van der Waals surface area contributed by atoms with E-state index in [4.69, 9.17) is 9.47 Å². The maximum Gasteiger partial charge on any atom is 0.358 e. The highest BCUT2D eigenvalue weighted by molar-refractivity contribution is 5.88. The molecular formula is C21H24FN3O5. The van der Waals surface area contributed by atoms with Crippen LogP contribution in [0, 0.1) is 5.82 Å². The molecule has 0 saturated carbocycles. The molecule has 1 saturated heterocycles. The first-order valence-corrected chi connectivity index (χ1v) is 9.82. The molecule has 160 valence electrons. The maximum atomic E-state index is 13.4. The summed E-state index contributed by atoms with van der Waals surface area (Å²) in [5, 5.41) is 4.46. The summed E-state index contributed by atoms with van der Waals surface area (Å²) in [6.45, 7) is 3.90. The van der Waals surface area contributed by atoms with Crippen LogP contribution >= 0.6 is 0 Å². The summed E-state index contributed by atoms with van der Waals surface area (Å²) in [6, 6.07) is 7.57. The molecule has 1 fully saturated rings. The van der Waals surface area contributed by atoms with Crippen molar-refractivity contribution < 1.29 is 28.2 Å². The lowest BCUT2D eigenvalue weighted by Gasteiger charge is -2.32. The zero-order valence-electron chi connectivity index (χ0n) is 17.0. The zero-order chi connectivity index (χ0) is 21.7. The van der Waals surface area contributed by atoms with Crippen LogP contribution in [-0.2, 0) is 19.1 Å². The fourth-order valence-electron chi connectivity index (χ4n) is 3.43. The van der Waals surface area contributed by atoms with Crippen molar-refractivity contribution in [3.63, 3.8) is 0 Å². The number of likely N-dealkylation sites (tertiary alicyclic amines) is 1. The van der Waals surface area contributed by atoms with Crippen molar-refractivity contribution in [1.29, 1.82) is 0 Å². The Kier molecular flexibility index (Phi) is 6.81. The van der Waals surface area contributed by atoms with Gasteiger partial charge in [0.05, 0.1) is 18.3 Å². The van der Waals surface area contributed by atoms with Crippen LogP contribution < -0.4 is 0 Å². The summed E-state index contributed by atoms with van der Waals surface area (Å²) in [4.78, 5) is 36.9. The summed E-state index contributed by atoms with van der Waals surface area (Å²) in [5.41, 5.74) is 1.60. The summed E-state index contributed by atoms with van der Waals surface area (Å²) < 4.78 is 25.0. The Balaban J connectivity index is 1.79. The molecule has 2 heterocycles. The van der Waals surface area contributed by atoms with Gasteiger partial charge in [0.2, 0.25) is 0 Å². The molecule has 9 heteroatoms. The van der Waals surface area contributed by atoms with Crippen molar-refractivity contribution in [2.75, 3.05) is 26.3 Å². The second-order valence-corrected chi connectivity index (χ2v) is 6.98. The molecule has 1 aliphatic rings. The predicted octanol–water partition coefficient (Wildman–Crippen LogP) is 2.59. The molecule has 1 aromatic carbocycles. The third kappa shape index (κ3) is 5.03. The summed E-state index contributed by atoms with van der Waals surface area (Å²) >= 11 is 0. The highest BCUT2D eigenvalue weighted by Crippen LogP contribution is 2.30. The van der Waals surface area contributed by atoms with Gasteiger partial charge in [0.1, 0.15) is 5.82 Å². The minimum absolute atomic E-state index is 0.0500. The van der Waals surface area contributed by atoms with E-state index >= 15 is 0 Å². The molecule has 8 nitrogen and oxygen atoms in total. The lowest BCUT2D eigenvalue weighted by atomic mass is 10.0. The molecule has 2 aromatic rings. The Morgan fingerprint density at radius 2 is 1.80 bits per heavy atom. The van der Waals surface area contributed by atoms with Gasteiger partial charge in [0.15, 0.2) is 12.3 Å². The number of halogens is 1. The smallest absolute Gasteiger partial charge is 0.358 e. The number of hydrogen-bond donors (Lipinski definition) is 0. The minimum atomic E-state index is -0.520. The number of rotatable bonds is 6. The van der Waals surface area contributed by atoms with Gasteiger partial charge in [-0.2, -0.15) is 5.10 Å². The Hall–Kier alpha value is -3.23. The number of nitrogens with zero attached hydrogens (tertiary/aromatic N) is 3.